The topological polar surface area (TPSA) is 38.3 Å². The van der Waals surface area contributed by atoms with Crippen LogP contribution >= 0.6 is 0 Å². The number of para-hydroxylation sites is 1. The van der Waals surface area contributed by atoms with Gasteiger partial charge in [-0.15, -0.1) is 0 Å². The fourth-order valence-electron chi connectivity index (χ4n) is 1.52. The summed E-state index contributed by atoms with van der Waals surface area (Å²) in [5, 5.41) is 2.99. The second-order valence-corrected chi connectivity index (χ2v) is 3.94. The number of hydrogen-bond acceptors (Lipinski definition) is 3. The lowest BCUT2D eigenvalue weighted by molar-refractivity contribution is -0.139. The normalized spacial score (nSPS) is 10.3. The number of carbonyl (C=O) groups is 1. The summed E-state index contributed by atoms with van der Waals surface area (Å²) < 4.78 is 5.10. The minimum Gasteiger partial charge on any atom is -0.458 e. The van der Waals surface area contributed by atoms with Gasteiger partial charge in [0.1, 0.15) is 6.61 Å². The third kappa shape index (κ3) is 4.68. The number of ether oxygens (including phenoxy) is 1. The standard InChI is InChI=1S/C16H15NO2/c18-16(19-13-14-7-3-1-4-8-14)11-12-17-15-9-5-2-6-10-15/h1-12,17H,13H2. The van der Waals surface area contributed by atoms with Crippen molar-refractivity contribution in [3.8, 4) is 0 Å². The van der Waals surface area contributed by atoms with E-state index < -0.39 is 0 Å². The highest BCUT2D eigenvalue weighted by atomic mass is 16.5. The first-order valence-electron chi connectivity index (χ1n) is 6.03. The molecule has 0 aliphatic carbocycles. The van der Waals surface area contributed by atoms with Crippen LogP contribution in [0.4, 0.5) is 5.69 Å². The maximum Gasteiger partial charge on any atom is 0.332 e. The van der Waals surface area contributed by atoms with Gasteiger partial charge in [-0.2, -0.15) is 0 Å². The molecular formula is C16H15NO2. The number of rotatable bonds is 5. The van der Waals surface area contributed by atoms with Gasteiger partial charge < -0.3 is 10.1 Å². The van der Waals surface area contributed by atoms with E-state index in [0.29, 0.717) is 0 Å². The highest BCUT2D eigenvalue weighted by Crippen LogP contribution is 2.04. The Morgan fingerprint density at radius 1 is 1.00 bits per heavy atom. The van der Waals surface area contributed by atoms with Gasteiger partial charge >= 0.3 is 5.97 Å². The van der Waals surface area contributed by atoms with Gasteiger partial charge in [0.05, 0.1) is 0 Å². The van der Waals surface area contributed by atoms with E-state index in [1.165, 1.54) is 6.08 Å². The molecule has 1 N–H and O–H groups in total. The number of nitrogens with one attached hydrogen (secondary N) is 1. The Kier molecular flexibility index (Phi) is 4.76. The van der Waals surface area contributed by atoms with Crippen molar-refractivity contribution in [2.45, 2.75) is 6.61 Å². The summed E-state index contributed by atoms with van der Waals surface area (Å²) >= 11 is 0. The van der Waals surface area contributed by atoms with E-state index in [2.05, 4.69) is 5.32 Å². The predicted octanol–water partition coefficient (Wildman–Crippen LogP) is 3.36. The van der Waals surface area contributed by atoms with Gasteiger partial charge in [-0.3, -0.25) is 0 Å². The Morgan fingerprint density at radius 2 is 1.63 bits per heavy atom. The molecule has 0 heterocycles. The largest absolute Gasteiger partial charge is 0.458 e. The molecule has 3 nitrogen and oxygen atoms in total. The second kappa shape index (κ2) is 7.01. The van der Waals surface area contributed by atoms with Crippen LogP contribution in [0.3, 0.4) is 0 Å². The van der Waals surface area contributed by atoms with Crippen LogP contribution in [0.25, 0.3) is 0 Å². The van der Waals surface area contributed by atoms with Crippen molar-refractivity contribution in [1.82, 2.24) is 0 Å². The predicted molar refractivity (Wildman–Crippen MR) is 75.4 cm³/mol. The quantitative estimate of drug-likeness (QED) is 0.656. The van der Waals surface area contributed by atoms with E-state index in [4.69, 9.17) is 4.74 Å². The second-order valence-electron chi connectivity index (χ2n) is 3.94. The summed E-state index contributed by atoms with van der Waals surface area (Å²) in [4.78, 5) is 11.5. The van der Waals surface area contributed by atoms with Crippen LogP contribution in [0.5, 0.6) is 0 Å². The Morgan fingerprint density at radius 3 is 2.32 bits per heavy atom. The molecule has 3 heteroatoms. The van der Waals surface area contributed by atoms with Gasteiger partial charge in [-0.05, 0) is 17.7 Å². The van der Waals surface area contributed by atoms with E-state index in [1.54, 1.807) is 6.20 Å². The average Bonchev–Trinajstić information content (AvgIpc) is 2.47. The summed E-state index contributed by atoms with van der Waals surface area (Å²) in [5.74, 6) is -0.368. The molecule has 0 aromatic heterocycles. The van der Waals surface area contributed by atoms with Crippen molar-refractivity contribution in [3.05, 3.63) is 78.5 Å². The molecule has 96 valence electrons. The number of anilines is 1. The highest BCUT2D eigenvalue weighted by Gasteiger charge is 1.97. The lowest BCUT2D eigenvalue weighted by atomic mass is 10.2. The maximum atomic E-state index is 11.5. The lowest BCUT2D eigenvalue weighted by Gasteiger charge is -2.02. The zero-order valence-electron chi connectivity index (χ0n) is 10.5. The summed E-state index contributed by atoms with van der Waals surface area (Å²) in [7, 11) is 0. The van der Waals surface area contributed by atoms with Crippen molar-refractivity contribution in [3.63, 3.8) is 0 Å². The van der Waals surface area contributed by atoms with E-state index in [0.717, 1.165) is 11.3 Å². The molecule has 0 amide bonds. The zero-order valence-corrected chi connectivity index (χ0v) is 10.5. The first-order chi connectivity index (χ1) is 9.34. The van der Waals surface area contributed by atoms with Crippen molar-refractivity contribution >= 4 is 11.7 Å². The molecule has 0 aliphatic heterocycles. The van der Waals surface area contributed by atoms with E-state index in [-0.39, 0.29) is 12.6 Å². The minimum absolute atomic E-state index is 0.287. The molecule has 0 saturated carbocycles. The first-order valence-corrected chi connectivity index (χ1v) is 6.03. The minimum atomic E-state index is -0.368. The molecule has 0 saturated heterocycles. The monoisotopic (exact) mass is 253 g/mol. The Labute approximate surface area is 112 Å². The van der Waals surface area contributed by atoms with Gasteiger partial charge in [-0.1, -0.05) is 48.5 Å². The lowest BCUT2D eigenvalue weighted by Crippen LogP contribution is -2.01. The third-order valence-electron chi connectivity index (χ3n) is 2.47. The third-order valence-corrected chi connectivity index (χ3v) is 2.47. The maximum absolute atomic E-state index is 11.5. The van der Waals surface area contributed by atoms with Crippen LogP contribution in [0.15, 0.2) is 72.9 Å². The fraction of sp³-hybridized carbons (Fsp3) is 0.0625. The van der Waals surface area contributed by atoms with E-state index in [1.807, 2.05) is 60.7 Å². The van der Waals surface area contributed by atoms with Crippen molar-refractivity contribution in [1.29, 1.82) is 0 Å². The summed E-state index contributed by atoms with van der Waals surface area (Å²) in [6, 6.07) is 19.2. The first kappa shape index (κ1) is 12.9. The zero-order chi connectivity index (χ0) is 13.3. The molecule has 0 bridgehead atoms. The van der Waals surface area contributed by atoms with Crippen LogP contribution in [-0.2, 0) is 16.1 Å². The smallest absolute Gasteiger partial charge is 0.332 e. The summed E-state index contributed by atoms with van der Waals surface area (Å²) in [5.41, 5.74) is 1.90. The van der Waals surface area contributed by atoms with Crippen LogP contribution in [0.1, 0.15) is 5.56 Å². The summed E-state index contributed by atoms with van der Waals surface area (Å²) in [6.07, 6.45) is 2.94. The molecule has 0 atom stereocenters. The SMILES string of the molecule is O=C(C=CNc1ccccc1)OCc1ccccc1. The van der Waals surface area contributed by atoms with Gasteiger partial charge in [0.2, 0.25) is 0 Å². The van der Waals surface area contributed by atoms with Gasteiger partial charge in [0.15, 0.2) is 0 Å². The Balaban J connectivity index is 1.75. The van der Waals surface area contributed by atoms with Crippen molar-refractivity contribution in [2.75, 3.05) is 5.32 Å². The van der Waals surface area contributed by atoms with Crippen LogP contribution in [0, 0.1) is 0 Å². The molecule has 0 radical (unpaired) electrons. The number of carbonyl (C=O) groups excluding carboxylic acids is 1. The van der Waals surface area contributed by atoms with E-state index >= 15 is 0 Å². The van der Waals surface area contributed by atoms with Crippen molar-refractivity contribution < 1.29 is 9.53 Å². The van der Waals surface area contributed by atoms with Crippen molar-refractivity contribution in [2.24, 2.45) is 0 Å². The summed E-state index contributed by atoms with van der Waals surface area (Å²) in [6.45, 7) is 0.287. The molecule has 19 heavy (non-hydrogen) atoms. The molecule has 0 aliphatic rings. The molecule has 2 aromatic rings. The average molecular weight is 253 g/mol. The van der Waals surface area contributed by atoms with Crippen LogP contribution in [0.2, 0.25) is 0 Å². The fourth-order valence-corrected chi connectivity index (χ4v) is 1.52. The molecule has 0 unspecified atom stereocenters. The van der Waals surface area contributed by atoms with Crippen LogP contribution in [-0.4, -0.2) is 5.97 Å². The molecule has 2 rings (SSSR count). The van der Waals surface area contributed by atoms with Crippen LogP contribution < -0.4 is 5.32 Å². The van der Waals surface area contributed by atoms with Gasteiger partial charge in [0.25, 0.3) is 0 Å². The van der Waals surface area contributed by atoms with Gasteiger partial charge in [0, 0.05) is 18.0 Å². The Hall–Kier alpha value is -2.55. The van der Waals surface area contributed by atoms with E-state index in [9.17, 15) is 4.79 Å². The molecule has 0 spiro atoms. The molecular weight excluding hydrogens is 238 g/mol. The highest BCUT2D eigenvalue weighted by molar-refractivity contribution is 5.82. The number of benzene rings is 2. The Bertz CT molecular complexity index is 535. The molecule has 2 aromatic carbocycles. The van der Waals surface area contributed by atoms with Gasteiger partial charge in [-0.25, -0.2) is 4.79 Å². The number of esters is 1. The number of hydrogen-bond donors (Lipinski definition) is 1. The molecule has 0 fully saturated rings.